The van der Waals surface area contributed by atoms with Crippen LogP contribution in [-0.4, -0.2) is 12.2 Å². The number of nitrogens with one attached hydrogen (secondary N) is 2. The fraction of sp³-hybridized carbons (Fsp3) is 0.0500. The number of para-hydroxylation sites is 2. The summed E-state index contributed by atoms with van der Waals surface area (Å²) >= 11 is 5.40. The Morgan fingerprint density at radius 2 is 1.64 bits per heavy atom. The van der Waals surface area contributed by atoms with E-state index in [0.29, 0.717) is 10.9 Å². The summed E-state index contributed by atoms with van der Waals surface area (Å²) in [5, 5.41) is 8.89. The molecule has 0 saturated carbocycles. The van der Waals surface area contributed by atoms with Gasteiger partial charge in [-0.3, -0.25) is 0 Å². The number of ether oxygens (including phenoxy) is 1. The molecule has 1 aromatic heterocycles. The van der Waals surface area contributed by atoms with E-state index in [-0.39, 0.29) is 0 Å². The van der Waals surface area contributed by atoms with Crippen LogP contribution in [0.3, 0.4) is 0 Å². The molecule has 0 atom stereocenters. The molecule has 0 amide bonds. The van der Waals surface area contributed by atoms with Gasteiger partial charge >= 0.3 is 0 Å². The Morgan fingerprint density at radius 3 is 2.44 bits per heavy atom. The van der Waals surface area contributed by atoms with Crippen LogP contribution in [0.15, 0.2) is 71.1 Å². The first kappa shape index (κ1) is 15.5. The number of anilines is 2. The van der Waals surface area contributed by atoms with E-state index in [2.05, 4.69) is 10.6 Å². The second-order valence-corrected chi connectivity index (χ2v) is 6.00. The molecule has 0 aliphatic rings. The molecule has 25 heavy (non-hydrogen) atoms. The van der Waals surface area contributed by atoms with E-state index in [0.717, 1.165) is 33.3 Å². The van der Waals surface area contributed by atoms with Crippen LogP contribution >= 0.6 is 12.2 Å². The fourth-order valence-corrected chi connectivity index (χ4v) is 3.05. The van der Waals surface area contributed by atoms with Crippen LogP contribution in [0.25, 0.3) is 21.9 Å². The van der Waals surface area contributed by atoms with Crippen molar-refractivity contribution < 1.29 is 9.15 Å². The number of furan rings is 1. The van der Waals surface area contributed by atoms with Crippen LogP contribution in [0.5, 0.6) is 5.75 Å². The fourth-order valence-electron chi connectivity index (χ4n) is 2.82. The van der Waals surface area contributed by atoms with Crippen molar-refractivity contribution in [3.8, 4) is 5.75 Å². The highest BCUT2D eigenvalue weighted by Gasteiger charge is 2.13. The summed E-state index contributed by atoms with van der Waals surface area (Å²) in [5.41, 5.74) is 3.31. The van der Waals surface area contributed by atoms with Crippen molar-refractivity contribution >= 4 is 50.6 Å². The first-order valence-corrected chi connectivity index (χ1v) is 8.28. The van der Waals surface area contributed by atoms with E-state index in [1.54, 1.807) is 7.11 Å². The van der Waals surface area contributed by atoms with Gasteiger partial charge in [-0.15, -0.1) is 0 Å². The summed E-state index contributed by atoms with van der Waals surface area (Å²) < 4.78 is 11.5. The van der Waals surface area contributed by atoms with Gasteiger partial charge < -0.3 is 19.8 Å². The lowest BCUT2D eigenvalue weighted by atomic mass is 10.1. The summed E-state index contributed by atoms with van der Waals surface area (Å²) in [4.78, 5) is 0. The van der Waals surface area contributed by atoms with E-state index in [4.69, 9.17) is 21.4 Å². The third kappa shape index (κ3) is 3.02. The third-order valence-corrected chi connectivity index (χ3v) is 4.18. The van der Waals surface area contributed by atoms with Crippen molar-refractivity contribution in [2.75, 3.05) is 17.7 Å². The molecule has 0 bridgehead atoms. The number of benzene rings is 3. The summed E-state index contributed by atoms with van der Waals surface area (Å²) in [6, 6.07) is 21.6. The van der Waals surface area contributed by atoms with Crippen LogP contribution < -0.4 is 15.4 Å². The van der Waals surface area contributed by atoms with Gasteiger partial charge in [-0.2, -0.15) is 0 Å². The Bertz CT molecular complexity index is 1060. The lowest BCUT2D eigenvalue weighted by Gasteiger charge is -2.13. The normalized spacial score (nSPS) is 10.8. The molecule has 0 fully saturated rings. The van der Waals surface area contributed by atoms with E-state index in [1.165, 1.54) is 0 Å². The van der Waals surface area contributed by atoms with Crippen molar-refractivity contribution in [3.05, 3.63) is 66.7 Å². The quantitative estimate of drug-likeness (QED) is 0.485. The van der Waals surface area contributed by atoms with E-state index in [9.17, 15) is 0 Å². The summed E-state index contributed by atoms with van der Waals surface area (Å²) in [6.45, 7) is 0. The molecule has 0 unspecified atom stereocenters. The van der Waals surface area contributed by atoms with Crippen LogP contribution in [0.4, 0.5) is 11.4 Å². The summed E-state index contributed by atoms with van der Waals surface area (Å²) in [6.07, 6.45) is 0. The average Bonchev–Trinajstić information content (AvgIpc) is 2.99. The van der Waals surface area contributed by atoms with Crippen molar-refractivity contribution in [3.63, 3.8) is 0 Å². The molecular formula is C20H16N2O2S. The molecular weight excluding hydrogens is 332 g/mol. The standard InChI is InChI=1S/C20H16N2O2S/c1-23-19-11-15-14-9-5-6-10-17(14)24-18(15)12-16(19)22-20(25)21-13-7-3-2-4-8-13/h2-12H,1H3,(H2,21,22,25). The summed E-state index contributed by atoms with van der Waals surface area (Å²) in [7, 11) is 1.64. The average molecular weight is 348 g/mol. The van der Waals surface area contributed by atoms with Crippen LogP contribution in [-0.2, 0) is 0 Å². The molecule has 0 saturated heterocycles. The van der Waals surface area contributed by atoms with Gasteiger partial charge in [-0.05, 0) is 36.5 Å². The molecule has 124 valence electrons. The maximum Gasteiger partial charge on any atom is 0.175 e. The first-order chi connectivity index (χ1) is 12.2. The van der Waals surface area contributed by atoms with Crippen molar-refractivity contribution in [1.29, 1.82) is 0 Å². The number of methoxy groups -OCH3 is 1. The zero-order chi connectivity index (χ0) is 17.2. The Labute approximate surface area is 150 Å². The molecule has 0 aliphatic carbocycles. The van der Waals surface area contributed by atoms with E-state index >= 15 is 0 Å². The molecule has 4 rings (SSSR count). The maximum atomic E-state index is 5.93. The Hall–Kier alpha value is -3.05. The predicted molar refractivity (Wildman–Crippen MR) is 107 cm³/mol. The number of hydrogen-bond acceptors (Lipinski definition) is 3. The van der Waals surface area contributed by atoms with Gasteiger partial charge in [0.05, 0.1) is 12.8 Å². The first-order valence-electron chi connectivity index (χ1n) is 7.87. The van der Waals surface area contributed by atoms with E-state index < -0.39 is 0 Å². The zero-order valence-electron chi connectivity index (χ0n) is 13.6. The molecule has 0 aliphatic heterocycles. The molecule has 0 radical (unpaired) electrons. The minimum atomic E-state index is 0.486. The molecule has 2 N–H and O–H groups in total. The molecule has 4 aromatic rings. The van der Waals surface area contributed by atoms with Gasteiger partial charge in [0.15, 0.2) is 5.11 Å². The second-order valence-electron chi connectivity index (χ2n) is 5.59. The Kier molecular flexibility index (Phi) is 3.99. The smallest absolute Gasteiger partial charge is 0.175 e. The van der Waals surface area contributed by atoms with Gasteiger partial charge in [-0.1, -0.05) is 36.4 Å². The molecule has 1 heterocycles. The minimum Gasteiger partial charge on any atom is -0.495 e. The van der Waals surface area contributed by atoms with Crippen molar-refractivity contribution in [2.45, 2.75) is 0 Å². The van der Waals surface area contributed by atoms with Gasteiger partial charge in [-0.25, -0.2) is 0 Å². The Balaban J connectivity index is 1.68. The van der Waals surface area contributed by atoms with Crippen LogP contribution in [0.2, 0.25) is 0 Å². The second kappa shape index (κ2) is 6.45. The van der Waals surface area contributed by atoms with Gasteiger partial charge in [0.25, 0.3) is 0 Å². The monoisotopic (exact) mass is 348 g/mol. The zero-order valence-corrected chi connectivity index (χ0v) is 14.4. The summed E-state index contributed by atoms with van der Waals surface area (Å²) in [5.74, 6) is 0.705. The number of thiocarbonyl (C=S) groups is 1. The Morgan fingerprint density at radius 1 is 0.880 bits per heavy atom. The minimum absolute atomic E-state index is 0.486. The number of rotatable bonds is 3. The molecule has 0 spiro atoms. The molecule has 4 nitrogen and oxygen atoms in total. The molecule has 5 heteroatoms. The SMILES string of the molecule is COc1cc2c(cc1NC(=S)Nc1ccccc1)oc1ccccc12. The van der Waals surface area contributed by atoms with E-state index in [1.807, 2.05) is 66.7 Å². The highest BCUT2D eigenvalue weighted by Crippen LogP contribution is 2.36. The van der Waals surface area contributed by atoms with Crippen LogP contribution in [0.1, 0.15) is 0 Å². The van der Waals surface area contributed by atoms with Gasteiger partial charge in [0.1, 0.15) is 16.9 Å². The maximum absolute atomic E-state index is 5.93. The van der Waals surface area contributed by atoms with Gasteiger partial charge in [0.2, 0.25) is 0 Å². The number of hydrogen-bond donors (Lipinski definition) is 2. The highest BCUT2D eigenvalue weighted by molar-refractivity contribution is 7.80. The highest BCUT2D eigenvalue weighted by atomic mass is 32.1. The third-order valence-electron chi connectivity index (χ3n) is 3.98. The van der Waals surface area contributed by atoms with Crippen molar-refractivity contribution in [1.82, 2.24) is 0 Å². The molecule has 3 aromatic carbocycles. The van der Waals surface area contributed by atoms with Crippen LogP contribution in [0, 0.1) is 0 Å². The number of fused-ring (bicyclic) bond motifs is 3. The largest absolute Gasteiger partial charge is 0.495 e. The lowest BCUT2D eigenvalue weighted by Crippen LogP contribution is -2.19. The predicted octanol–water partition coefficient (Wildman–Crippen LogP) is 5.40. The van der Waals surface area contributed by atoms with Gasteiger partial charge in [0, 0.05) is 22.5 Å². The topological polar surface area (TPSA) is 46.4 Å². The van der Waals surface area contributed by atoms with Crippen molar-refractivity contribution in [2.24, 2.45) is 0 Å². The lowest BCUT2D eigenvalue weighted by molar-refractivity contribution is 0.417.